The molecule has 2 nitrogen and oxygen atoms in total. The van der Waals surface area contributed by atoms with E-state index in [1.54, 1.807) is 0 Å². The summed E-state index contributed by atoms with van der Waals surface area (Å²) in [5, 5.41) is 0. The van der Waals surface area contributed by atoms with E-state index in [2.05, 4.69) is 11.9 Å². The molecule has 0 bridgehead atoms. The minimum atomic E-state index is 0.649. The average Bonchev–Trinajstić information content (AvgIpc) is 2.03. The molecule has 0 N–H and O–H groups in total. The third-order valence-corrected chi connectivity index (χ3v) is 2.50. The number of hydrogen-bond donors (Lipinski definition) is 0. The Kier molecular flexibility index (Phi) is 9.49. The van der Waals surface area contributed by atoms with E-state index in [4.69, 9.17) is 0 Å². The molecule has 0 radical (unpaired) electrons. The lowest BCUT2D eigenvalue weighted by Crippen LogP contribution is -1.85. The second kappa shape index (κ2) is 9.73. The quantitative estimate of drug-likeness (QED) is 0.336. The zero-order valence-corrected chi connectivity index (χ0v) is 7.82. The maximum Gasteiger partial charge on any atom is 0.234 e. The zero-order chi connectivity index (χ0) is 8.36. The molecule has 0 heterocycles. The molecule has 0 aromatic heterocycles. The van der Waals surface area contributed by atoms with Crippen molar-refractivity contribution in [2.75, 3.05) is 18.1 Å². The van der Waals surface area contributed by atoms with Crippen LogP contribution < -0.4 is 0 Å². The van der Waals surface area contributed by atoms with Gasteiger partial charge in [0, 0.05) is 0 Å². The van der Waals surface area contributed by atoms with Gasteiger partial charge in [0.2, 0.25) is 6.08 Å². The number of nitrogens with zero attached hydrogens (tertiary/aromatic N) is 1. The number of isocyanates is 1. The van der Waals surface area contributed by atoms with Crippen LogP contribution in [0.15, 0.2) is 4.99 Å². The molecule has 11 heavy (non-hydrogen) atoms. The van der Waals surface area contributed by atoms with Gasteiger partial charge in [0.25, 0.3) is 0 Å². The van der Waals surface area contributed by atoms with Crippen LogP contribution in [0.2, 0.25) is 0 Å². The Labute approximate surface area is 72.5 Å². The van der Waals surface area contributed by atoms with Crippen LogP contribution in [0.5, 0.6) is 0 Å². The van der Waals surface area contributed by atoms with Crippen LogP contribution in [-0.4, -0.2) is 24.1 Å². The van der Waals surface area contributed by atoms with E-state index in [9.17, 15) is 4.79 Å². The highest BCUT2D eigenvalue weighted by Crippen LogP contribution is 2.05. The van der Waals surface area contributed by atoms with Gasteiger partial charge in [-0.25, -0.2) is 9.79 Å². The second-order valence-corrected chi connectivity index (χ2v) is 3.52. The van der Waals surface area contributed by atoms with Crippen LogP contribution in [0, 0.1) is 0 Å². The van der Waals surface area contributed by atoms with Crippen molar-refractivity contribution in [2.24, 2.45) is 4.99 Å². The first kappa shape index (κ1) is 10.7. The van der Waals surface area contributed by atoms with Crippen molar-refractivity contribution in [1.82, 2.24) is 0 Å². The molecule has 0 aliphatic carbocycles. The van der Waals surface area contributed by atoms with Gasteiger partial charge >= 0.3 is 0 Å². The Morgan fingerprint density at radius 1 is 1.36 bits per heavy atom. The molecule has 0 spiro atoms. The standard InChI is InChI=1S/C8H15NOS/c1-2-6-11-7-4-3-5-9-8-10/h2-7H2,1H3. The molecule has 0 aromatic carbocycles. The fraction of sp³-hybridized carbons (Fsp3) is 0.875. The molecule has 0 atom stereocenters. The van der Waals surface area contributed by atoms with Crippen LogP contribution in [0.1, 0.15) is 26.2 Å². The molecule has 0 unspecified atom stereocenters. The summed E-state index contributed by atoms with van der Waals surface area (Å²) in [4.78, 5) is 13.1. The van der Waals surface area contributed by atoms with E-state index in [0.717, 1.165) is 12.8 Å². The highest BCUT2D eigenvalue weighted by molar-refractivity contribution is 7.99. The number of hydrogen-bond acceptors (Lipinski definition) is 3. The van der Waals surface area contributed by atoms with Gasteiger partial charge in [-0.15, -0.1) is 0 Å². The molecule has 0 amide bonds. The summed E-state index contributed by atoms with van der Waals surface area (Å²) < 4.78 is 0. The highest BCUT2D eigenvalue weighted by atomic mass is 32.2. The molecule has 0 saturated carbocycles. The Bertz CT molecular complexity index is 121. The highest BCUT2D eigenvalue weighted by Gasteiger charge is 1.87. The normalized spacial score (nSPS) is 9.18. The number of rotatable bonds is 7. The Balaban J connectivity index is 2.84. The third-order valence-electron chi connectivity index (χ3n) is 1.22. The fourth-order valence-corrected chi connectivity index (χ4v) is 1.59. The lowest BCUT2D eigenvalue weighted by atomic mass is 10.3. The molecule has 0 aromatic rings. The first-order chi connectivity index (χ1) is 5.41. The summed E-state index contributed by atoms with van der Waals surface area (Å²) >= 11 is 1.97. The molecular formula is C8H15NOS. The van der Waals surface area contributed by atoms with Crippen molar-refractivity contribution in [3.63, 3.8) is 0 Å². The minimum Gasteiger partial charge on any atom is -0.211 e. The van der Waals surface area contributed by atoms with Crippen molar-refractivity contribution < 1.29 is 4.79 Å². The van der Waals surface area contributed by atoms with Crippen LogP contribution >= 0.6 is 11.8 Å². The molecule has 0 aliphatic heterocycles. The molecule has 0 saturated heterocycles. The maximum atomic E-state index is 9.64. The van der Waals surface area contributed by atoms with E-state index in [1.165, 1.54) is 24.0 Å². The molecule has 64 valence electrons. The first-order valence-corrected chi connectivity index (χ1v) is 5.18. The maximum absolute atomic E-state index is 9.64. The summed E-state index contributed by atoms with van der Waals surface area (Å²) in [6.45, 7) is 2.83. The number of unbranched alkanes of at least 4 members (excludes halogenated alkanes) is 1. The molecular weight excluding hydrogens is 158 g/mol. The van der Waals surface area contributed by atoms with Gasteiger partial charge in [0.05, 0.1) is 6.54 Å². The van der Waals surface area contributed by atoms with Crippen LogP contribution in [0.3, 0.4) is 0 Å². The largest absolute Gasteiger partial charge is 0.234 e. The Morgan fingerprint density at radius 3 is 2.82 bits per heavy atom. The van der Waals surface area contributed by atoms with E-state index in [-0.39, 0.29) is 0 Å². The monoisotopic (exact) mass is 173 g/mol. The molecule has 0 aliphatic rings. The summed E-state index contributed by atoms with van der Waals surface area (Å²) in [7, 11) is 0. The van der Waals surface area contributed by atoms with Gasteiger partial charge in [-0.1, -0.05) is 6.92 Å². The first-order valence-electron chi connectivity index (χ1n) is 4.03. The SMILES string of the molecule is CCCSCCCCN=C=O. The minimum absolute atomic E-state index is 0.649. The predicted octanol–water partition coefficient (Wildman–Crippen LogP) is 2.25. The van der Waals surface area contributed by atoms with E-state index in [0.29, 0.717) is 6.54 Å². The Morgan fingerprint density at radius 2 is 2.18 bits per heavy atom. The van der Waals surface area contributed by atoms with E-state index < -0.39 is 0 Å². The average molecular weight is 173 g/mol. The Hall–Kier alpha value is -0.270. The summed E-state index contributed by atoms with van der Waals surface area (Å²) in [5.74, 6) is 2.44. The zero-order valence-electron chi connectivity index (χ0n) is 7.01. The van der Waals surface area contributed by atoms with Gasteiger partial charge < -0.3 is 0 Å². The third kappa shape index (κ3) is 9.73. The lowest BCUT2D eigenvalue weighted by molar-refractivity contribution is 0.562. The number of carbonyl (C=O) groups excluding carboxylic acids is 1. The van der Waals surface area contributed by atoms with Crippen molar-refractivity contribution in [1.29, 1.82) is 0 Å². The van der Waals surface area contributed by atoms with Crippen molar-refractivity contribution in [3.8, 4) is 0 Å². The topological polar surface area (TPSA) is 29.4 Å². The van der Waals surface area contributed by atoms with Crippen LogP contribution in [0.4, 0.5) is 0 Å². The van der Waals surface area contributed by atoms with Gasteiger partial charge in [0.1, 0.15) is 0 Å². The van der Waals surface area contributed by atoms with E-state index >= 15 is 0 Å². The van der Waals surface area contributed by atoms with Crippen LogP contribution in [-0.2, 0) is 4.79 Å². The lowest BCUT2D eigenvalue weighted by Gasteiger charge is -1.96. The summed E-state index contributed by atoms with van der Waals surface area (Å²) in [6.07, 6.45) is 4.97. The van der Waals surface area contributed by atoms with Crippen molar-refractivity contribution >= 4 is 17.8 Å². The molecule has 3 heteroatoms. The number of aliphatic imine (C=N–C) groups is 1. The molecule has 0 rings (SSSR count). The smallest absolute Gasteiger partial charge is 0.211 e. The number of thioether (sulfide) groups is 1. The second-order valence-electron chi connectivity index (χ2n) is 2.29. The van der Waals surface area contributed by atoms with Gasteiger partial charge in [-0.2, -0.15) is 11.8 Å². The van der Waals surface area contributed by atoms with Gasteiger partial charge in [-0.05, 0) is 30.8 Å². The van der Waals surface area contributed by atoms with E-state index in [1.807, 2.05) is 11.8 Å². The molecule has 0 fully saturated rings. The van der Waals surface area contributed by atoms with Crippen molar-refractivity contribution in [2.45, 2.75) is 26.2 Å². The fourth-order valence-electron chi connectivity index (χ4n) is 0.687. The predicted molar refractivity (Wildman–Crippen MR) is 49.8 cm³/mol. The van der Waals surface area contributed by atoms with Crippen molar-refractivity contribution in [3.05, 3.63) is 0 Å². The summed E-state index contributed by atoms with van der Waals surface area (Å²) in [5.41, 5.74) is 0. The van der Waals surface area contributed by atoms with Crippen LogP contribution in [0.25, 0.3) is 0 Å². The summed E-state index contributed by atoms with van der Waals surface area (Å²) in [6, 6.07) is 0. The van der Waals surface area contributed by atoms with Gasteiger partial charge in [-0.3, -0.25) is 0 Å². The van der Waals surface area contributed by atoms with Gasteiger partial charge in [0.15, 0.2) is 0 Å².